The van der Waals surface area contributed by atoms with E-state index in [9.17, 15) is 8.42 Å². The minimum atomic E-state index is -4.37. The minimum Gasteiger partial charge on any atom is -0.495 e. The summed E-state index contributed by atoms with van der Waals surface area (Å²) in [5, 5.41) is 3.64. The molecule has 0 fully saturated rings. The SMILES string of the molecule is COc1ccc(C=NNC(N)=S)cc1S(=O)(=O)O. The molecule has 0 bridgehead atoms. The van der Waals surface area contributed by atoms with Crippen LogP contribution in [0.25, 0.3) is 0 Å². The molecule has 1 rings (SSSR count). The summed E-state index contributed by atoms with van der Waals surface area (Å²) in [5.41, 5.74) is 7.89. The Morgan fingerprint density at radius 3 is 2.78 bits per heavy atom. The van der Waals surface area contributed by atoms with Crippen molar-refractivity contribution in [1.82, 2.24) is 5.43 Å². The lowest BCUT2D eigenvalue weighted by Crippen LogP contribution is -2.24. The van der Waals surface area contributed by atoms with Crippen LogP contribution in [-0.4, -0.2) is 31.4 Å². The van der Waals surface area contributed by atoms with Crippen molar-refractivity contribution in [1.29, 1.82) is 0 Å². The Bertz CT molecular complexity index is 583. The standard InChI is InChI=1S/C9H11N3O4S2/c1-16-7-3-2-6(5-11-12-9(10)17)4-8(7)18(13,14)15/h2-5H,1H3,(H3,10,12,17)(H,13,14,15). The van der Waals surface area contributed by atoms with Gasteiger partial charge in [-0.25, -0.2) is 0 Å². The van der Waals surface area contributed by atoms with Crippen molar-refractivity contribution in [2.75, 3.05) is 7.11 Å². The smallest absolute Gasteiger partial charge is 0.298 e. The van der Waals surface area contributed by atoms with Crippen LogP contribution in [0.3, 0.4) is 0 Å². The molecule has 98 valence electrons. The first-order chi connectivity index (χ1) is 8.34. The van der Waals surface area contributed by atoms with Crippen LogP contribution >= 0.6 is 12.2 Å². The van der Waals surface area contributed by atoms with E-state index in [1.807, 2.05) is 0 Å². The van der Waals surface area contributed by atoms with Gasteiger partial charge in [-0.3, -0.25) is 9.98 Å². The molecule has 0 aliphatic heterocycles. The lowest BCUT2D eigenvalue weighted by Gasteiger charge is -2.06. The zero-order chi connectivity index (χ0) is 13.8. The summed E-state index contributed by atoms with van der Waals surface area (Å²) < 4.78 is 36.1. The zero-order valence-electron chi connectivity index (χ0n) is 9.32. The third kappa shape index (κ3) is 3.95. The van der Waals surface area contributed by atoms with Crippen LogP contribution in [-0.2, 0) is 10.1 Å². The molecule has 0 aromatic heterocycles. The molecule has 0 unspecified atom stereocenters. The summed E-state index contributed by atoms with van der Waals surface area (Å²) in [5.74, 6) is 0.0388. The van der Waals surface area contributed by atoms with Gasteiger partial charge in [-0.15, -0.1) is 0 Å². The molecule has 0 spiro atoms. The van der Waals surface area contributed by atoms with Crippen molar-refractivity contribution in [2.24, 2.45) is 10.8 Å². The van der Waals surface area contributed by atoms with Gasteiger partial charge in [-0.2, -0.15) is 13.5 Å². The third-order valence-corrected chi connectivity index (χ3v) is 2.82. The van der Waals surface area contributed by atoms with Crippen LogP contribution in [0, 0.1) is 0 Å². The van der Waals surface area contributed by atoms with E-state index in [0.29, 0.717) is 5.56 Å². The molecular formula is C9H11N3O4S2. The number of nitrogens with two attached hydrogens (primary N) is 1. The van der Waals surface area contributed by atoms with Gasteiger partial charge < -0.3 is 10.5 Å². The molecule has 9 heteroatoms. The van der Waals surface area contributed by atoms with E-state index < -0.39 is 10.1 Å². The van der Waals surface area contributed by atoms with Crippen molar-refractivity contribution in [3.8, 4) is 5.75 Å². The normalized spacial score (nSPS) is 11.4. The van der Waals surface area contributed by atoms with Gasteiger partial charge in [0.2, 0.25) is 0 Å². The first-order valence-electron chi connectivity index (χ1n) is 4.58. The molecule has 0 saturated carbocycles. The Kier molecular flexibility index (Phi) is 4.59. The van der Waals surface area contributed by atoms with Crippen molar-refractivity contribution in [2.45, 2.75) is 4.90 Å². The Morgan fingerprint density at radius 1 is 1.61 bits per heavy atom. The minimum absolute atomic E-state index is 0.0187. The lowest BCUT2D eigenvalue weighted by molar-refractivity contribution is 0.397. The van der Waals surface area contributed by atoms with E-state index in [-0.39, 0.29) is 15.8 Å². The first-order valence-corrected chi connectivity index (χ1v) is 6.43. The van der Waals surface area contributed by atoms with Gasteiger partial charge >= 0.3 is 0 Å². The highest BCUT2D eigenvalue weighted by atomic mass is 32.2. The third-order valence-electron chi connectivity index (χ3n) is 1.85. The van der Waals surface area contributed by atoms with Crippen molar-refractivity contribution < 1.29 is 17.7 Å². The molecule has 0 heterocycles. The van der Waals surface area contributed by atoms with E-state index in [2.05, 4.69) is 22.7 Å². The van der Waals surface area contributed by atoms with Crippen molar-refractivity contribution in [3.63, 3.8) is 0 Å². The maximum absolute atomic E-state index is 11.1. The van der Waals surface area contributed by atoms with Gasteiger partial charge in [0.15, 0.2) is 5.11 Å². The number of ether oxygens (including phenoxy) is 1. The molecule has 0 saturated heterocycles. The fraction of sp³-hybridized carbons (Fsp3) is 0.111. The maximum atomic E-state index is 11.1. The number of hydrogen-bond acceptors (Lipinski definition) is 5. The average Bonchev–Trinajstić information content (AvgIpc) is 2.27. The number of thiocarbonyl (C=S) groups is 1. The quantitative estimate of drug-likeness (QED) is 0.312. The first kappa shape index (κ1) is 14.4. The maximum Gasteiger partial charge on any atom is 0.298 e. The van der Waals surface area contributed by atoms with E-state index in [1.54, 1.807) is 6.07 Å². The average molecular weight is 289 g/mol. The largest absolute Gasteiger partial charge is 0.495 e. The zero-order valence-corrected chi connectivity index (χ0v) is 11.0. The summed E-state index contributed by atoms with van der Waals surface area (Å²) in [6.45, 7) is 0. The second-order valence-corrected chi connectivity index (χ2v) is 4.95. The van der Waals surface area contributed by atoms with Gasteiger partial charge in [-0.05, 0) is 36.0 Å². The van der Waals surface area contributed by atoms with Gasteiger partial charge in [-0.1, -0.05) is 0 Å². The van der Waals surface area contributed by atoms with Crippen molar-refractivity contribution in [3.05, 3.63) is 23.8 Å². The molecule has 0 aliphatic carbocycles. The molecule has 1 aromatic rings. The number of nitrogens with zero attached hydrogens (tertiary/aromatic N) is 1. The number of methoxy groups -OCH3 is 1. The number of hydrazone groups is 1. The van der Waals surface area contributed by atoms with Gasteiger partial charge in [0.1, 0.15) is 10.6 Å². The Balaban J connectivity index is 3.12. The fourth-order valence-electron chi connectivity index (χ4n) is 1.15. The molecule has 0 aliphatic rings. The topological polar surface area (TPSA) is 114 Å². The number of hydrogen-bond donors (Lipinski definition) is 3. The molecule has 0 radical (unpaired) electrons. The predicted molar refractivity (Wildman–Crippen MR) is 70.3 cm³/mol. The predicted octanol–water partition coefficient (Wildman–Crippen LogP) is 0.109. The summed E-state index contributed by atoms with van der Waals surface area (Å²) in [4.78, 5) is -0.343. The van der Waals surface area contributed by atoms with E-state index in [1.165, 1.54) is 25.5 Å². The fourth-order valence-corrected chi connectivity index (χ4v) is 1.89. The van der Waals surface area contributed by atoms with Crippen LogP contribution in [0.1, 0.15) is 5.56 Å². The number of benzene rings is 1. The van der Waals surface area contributed by atoms with Crippen LogP contribution in [0.5, 0.6) is 5.75 Å². The van der Waals surface area contributed by atoms with Crippen LogP contribution in [0.15, 0.2) is 28.2 Å². The monoisotopic (exact) mass is 289 g/mol. The Hall–Kier alpha value is -1.71. The summed E-state index contributed by atoms with van der Waals surface area (Å²) in [6, 6.07) is 4.16. The molecular weight excluding hydrogens is 278 g/mol. The molecule has 0 atom stereocenters. The Morgan fingerprint density at radius 2 is 2.28 bits per heavy atom. The Labute approximate surface area is 109 Å². The van der Waals surface area contributed by atoms with Crippen LogP contribution in [0.2, 0.25) is 0 Å². The highest BCUT2D eigenvalue weighted by Crippen LogP contribution is 2.23. The lowest BCUT2D eigenvalue weighted by atomic mass is 10.2. The number of nitrogens with one attached hydrogen (secondary N) is 1. The summed E-state index contributed by atoms with van der Waals surface area (Å²) >= 11 is 4.53. The van der Waals surface area contributed by atoms with E-state index in [0.717, 1.165) is 0 Å². The van der Waals surface area contributed by atoms with Crippen molar-refractivity contribution >= 4 is 33.7 Å². The van der Waals surface area contributed by atoms with Gasteiger partial charge in [0, 0.05) is 0 Å². The van der Waals surface area contributed by atoms with Crippen LogP contribution in [0.4, 0.5) is 0 Å². The molecule has 4 N–H and O–H groups in total. The molecule has 1 aromatic carbocycles. The molecule has 18 heavy (non-hydrogen) atoms. The van der Waals surface area contributed by atoms with E-state index in [4.69, 9.17) is 15.0 Å². The summed E-state index contributed by atoms with van der Waals surface area (Å²) in [7, 11) is -3.07. The second-order valence-electron chi connectivity index (χ2n) is 3.12. The van der Waals surface area contributed by atoms with Gasteiger partial charge in [0.05, 0.1) is 13.3 Å². The summed E-state index contributed by atoms with van der Waals surface area (Å²) in [6.07, 6.45) is 1.30. The van der Waals surface area contributed by atoms with Crippen LogP contribution < -0.4 is 15.9 Å². The molecule has 7 nitrogen and oxygen atoms in total. The number of rotatable bonds is 4. The second kappa shape index (κ2) is 5.76. The highest BCUT2D eigenvalue weighted by Gasteiger charge is 2.16. The highest BCUT2D eigenvalue weighted by molar-refractivity contribution is 7.86. The van der Waals surface area contributed by atoms with Gasteiger partial charge in [0.25, 0.3) is 10.1 Å². The molecule has 0 amide bonds. The van der Waals surface area contributed by atoms with E-state index >= 15 is 0 Å².